The summed E-state index contributed by atoms with van der Waals surface area (Å²) < 4.78 is 5.75. The Balaban J connectivity index is 1.96. The summed E-state index contributed by atoms with van der Waals surface area (Å²) in [5.74, 6) is -0.366. The average molecular weight is 540 g/mol. The lowest BCUT2D eigenvalue weighted by molar-refractivity contribution is -0.133. The number of rotatable bonds is 5. The van der Waals surface area contributed by atoms with Gasteiger partial charge in [-0.3, -0.25) is 9.69 Å². The van der Waals surface area contributed by atoms with E-state index in [4.69, 9.17) is 27.9 Å². The SMILES string of the molecule is C[C@@H](c1ccccc1)N1[C@@H](c2c(Cl)cccc2Cl)N(C(=O)OC(C)(C)C)C(=O)[C@@]1(C)Cc1ccccc1. The molecular weight excluding hydrogens is 507 g/mol. The minimum atomic E-state index is -1.11. The van der Waals surface area contributed by atoms with Crippen molar-refractivity contribution in [3.63, 3.8) is 0 Å². The van der Waals surface area contributed by atoms with Crippen LogP contribution in [0.2, 0.25) is 10.0 Å². The van der Waals surface area contributed by atoms with Crippen LogP contribution in [0.5, 0.6) is 0 Å². The molecule has 3 aromatic rings. The van der Waals surface area contributed by atoms with Crippen molar-refractivity contribution in [1.82, 2.24) is 9.80 Å². The number of amides is 2. The van der Waals surface area contributed by atoms with Crippen LogP contribution < -0.4 is 0 Å². The molecule has 7 heteroatoms. The maximum Gasteiger partial charge on any atom is 0.418 e. The molecule has 0 aromatic heterocycles. The van der Waals surface area contributed by atoms with Crippen molar-refractivity contribution < 1.29 is 14.3 Å². The number of hydrogen-bond donors (Lipinski definition) is 0. The van der Waals surface area contributed by atoms with Crippen molar-refractivity contribution in [2.24, 2.45) is 0 Å². The third-order valence-electron chi connectivity index (χ3n) is 6.70. The molecule has 0 aliphatic carbocycles. The third-order valence-corrected chi connectivity index (χ3v) is 7.36. The Morgan fingerprint density at radius 1 is 0.946 bits per heavy atom. The lowest BCUT2D eigenvalue weighted by atomic mass is 9.88. The topological polar surface area (TPSA) is 49.9 Å². The summed E-state index contributed by atoms with van der Waals surface area (Å²) >= 11 is 13.5. The zero-order valence-electron chi connectivity index (χ0n) is 21.7. The number of hydrogen-bond acceptors (Lipinski definition) is 4. The highest BCUT2D eigenvalue weighted by Gasteiger charge is 2.60. The summed E-state index contributed by atoms with van der Waals surface area (Å²) in [6.45, 7) is 9.23. The van der Waals surface area contributed by atoms with E-state index in [2.05, 4.69) is 4.90 Å². The van der Waals surface area contributed by atoms with Gasteiger partial charge in [-0.25, -0.2) is 9.69 Å². The van der Waals surface area contributed by atoms with E-state index in [-0.39, 0.29) is 11.9 Å². The van der Waals surface area contributed by atoms with Crippen LogP contribution in [0.3, 0.4) is 0 Å². The average Bonchev–Trinajstić information content (AvgIpc) is 3.05. The molecule has 37 heavy (non-hydrogen) atoms. The predicted molar refractivity (Wildman–Crippen MR) is 148 cm³/mol. The maximum atomic E-state index is 14.4. The zero-order chi connectivity index (χ0) is 27.0. The van der Waals surface area contributed by atoms with Crippen molar-refractivity contribution in [2.75, 3.05) is 0 Å². The molecule has 4 rings (SSSR count). The Morgan fingerprint density at radius 3 is 2.03 bits per heavy atom. The van der Waals surface area contributed by atoms with Gasteiger partial charge in [0.1, 0.15) is 17.3 Å². The number of carbonyl (C=O) groups is 2. The summed E-state index contributed by atoms with van der Waals surface area (Å²) in [4.78, 5) is 31.3. The number of nitrogens with zero attached hydrogens (tertiary/aromatic N) is 2. The van der Waals surface area contributed by atoms with Gasteiger partial charge >= 0.3 is 6.09 Å². The number of halogens is 2. The Labute approximate surface area is 228 Å². The van der Waals surface area contributed by atoms with Gasteiger partial charge in [0, 0.05) is 21.7 Å². The van der Waals surface area contributed by atoms with Crippen LogP contribution >= 0.6 is 23.2 Å². The first kappa shape index (κ1) is 27.2. The Kier molecular flexibility index (Phi) is 7.70. The molecule has 2 amide bonds. The van der Waals surface area contributed by atoms with Gasteiger partial charge in [-0.05, 0) is 64.3 Å². The highest BCUT2D eigenvalue weighted by molar-refractivity contribution is 6.36. The first-order valence-corrected chi connectivity index (χ1v) is 13.1. The Bertz CT molecular complexity index is 1260. The number of benzene rings is 3. The molecule has 1 fully saturated rings. The van der Waals surface area contributed by atoms with Crippen LogP contribution in [0.15, 0.2) is 78.9 Å². The summed E-state index contributed by atoms with van der Waals surface area (Å²) in [6.07, 6.45) is -1.24. The van der Waals surface area contributed by atoms with Crippen LogP contribution in [0.25, 0.3) is 0 Å². The number of carbonyl (C=O) groups excluding carboxylic acids is 2. The second-order valence-corrected chi connectivity index (χ2v) is 11.4. The fourth-order valence-electron chi connectivity index (χ4n) is 5.09. The van der Waals surface area contributed by atoms with Crippen LogP contribution in [-0.4, -0.2) is 32.9 Å². The summed E-state index contributed by atoms with van der Waals surface area (Å²) in [7, 11) is 0. The van der Waals surface area contributed by atoms with Gasteiger partial charge in [0.2, 0.25) is 0 Å². The highest BCUT2D eigenvalue weighted by atomic mass is 35.5. The van der Waals surface area contributed by atoms with E-state index in [1.807, 2.05) is 74.5 Å². The molecule has 194 valence electrons. The molecule has 0 N–H and O–H groups in total. The van der Waals surface area contributed by atoms with Gasteiger partial charge in [-0.2, -0.15) is 0 Å². The molecule has 0 saturated carbocycles. The molecule has 1 aliphatic rings. The fraction of sp³-hybridized carbons (Fsp3) is 0.333. The highest BCUT2D eigenvalue weighted by Crippen LogP contribution is 2.50. The van der Waals surface area contributed by atoms with E-state index >= 15 is 0 Å². The first-order valence-electron chi connectivity index (χ1n) is 12.3. The van der Waals surface area contributed by atoms with Crippen molar-refractivity contribution in [1.29, 1.82) is 0 Å². The van der Waals surface area contributed by atoms with Gasteiger partial charge < -0.3 is 4.74 Å². The van der Waals surface area contributed by atoms with Crippen molar-refractivity contribution >= 4 is 35.2 Å². The smallest absolute Gasteiger partial charge is 0.418 e. The van der Waals surface area contributed by atoms with E-state index in [1.165, 1.54) is 4.90 Å². The van der Waals surface area contributed by atoms with E-state index in [1.54, 1.807) is 39.0 Å². The molecule has 0 radical (unpaired) electrons. The van der Waals surface area contributed by atoms with Crippen LogP contribution in [0.1, 0.15) is 63.5 Å². The Morgan fingerprint density at radius 2 is 1.49 bits per heavy atom. The minimum Gasteiger partial charge on any atom is -0.443 e. The summed E-state index contributed by atoms with van der Waals surface area (Å²) in [5.41, 5.74) is 0.540. The van der Waals surface area contributed by atoms with E-state index in [0.29, 0.717) is 22.0 Å². The lowest BCUT2D eigenvalue weighted by Gasteiger charge is -2.41. The molecule has 1 aliphatic heterocycles. The van der Waals surface area contributed by atoms with Crippen LogP contribution in [0, 0.1) is 0 Å². The Hall–Kier alpha value is -2.86. The molecular formula is C30H32Cl2N2O3. The molecule has 0 unspecified atom stereocenters. The second-order valence-electron chi connectivity index (χ2n) is 10.6. The van der Waals surface area contributed by atoms with Gasteiger partial charge in [0.05, 0.1) is 0 Å². The number of ether oxygens (including phenoxy) is 1. The van der Waals surface area contributed by atoms with E-state index in [0.717, 1.165) is 11.1 Å². The lowest BCUT2D eigenvalue weighted by Crippen LogP contribution is -2.50. The van der Waals surface area contributed by atoms with Gasteiger partial charge in [0.25, 0.3) is 5.91 Å². The molecule has 0 bridgehead atoms. The fourth-order valence-corrected chi connectivity index (χ4v) is 5.68. The van der Waals surface area contributed by atoms with Gasteiger partial charge in [-0.15, -0.1) is 0 Å². The summed E-state index contributed by atoms with van der Waals surface area (Å²) in [5, 5.41) is 0.737. The molecule has 3 atom stereocenters. The second kappa shape index (κ2) is 10.5. The molecule has 1 saturated heterocycles. The van der Waals surface area contributed by atoms with Crippen molar-refractivity contribution in [3.05, 3.63) is 106 Å². The maximum absolute atomic E-state index is 14.4. The molecule has 1 heterocycles. The van der Waals surface area contributed by atoms with Crippen LogP contribution in [0.4, 0.5) is 4.79 Å². The normalized spacial score (nSPS) is 21.2. The zero-order valence-corrected chi connectivity index (χ0v) is 23.3. The van der Waals surface area contributed by atoms with Crippen LogP contribution in [-0.2, 0) is 16.0 Å². The van der Waals surface area contributed by atoms with Crippen molar-refractivity contribution in [3.8, 4) is 0 Å². The van der Waals surface area contributed by atoms with E-state index in [9.17, 15) is 9.59 Å². The standard InChI is InChI=1S/C30H32Cl2N2O3/c1-20(22-15-10-7-11-16-22)34-26(25-23(31)17-12-18-24(25)32)33(28(36)37-29(2,3)4)27(35)30(34,5)19-21-13-8-6-9-14-21/h6-18,20,26H,19H2,1-5H3/t20-,26-,30+/m0/s1. The minimum absolute atomic E-state index is 0.274. The van der Waals surface area contributed by atoms with Gasteiger partial charge in [-0.1, -0.05) is 89.9 Å². The quantitative estimate of drug-likeness (QED) is 0.332. The van der Waals surface area contributed by atoms with E-state index < -0.39 is 23.4 Å². The van der Waals surface area contributed by atoms with Gasteiger partial charge in [0.15, 0.2) is 0 Å². The summed E-state index contributed by atoms with van der Waals surface area (Å²) in [6, 6.07) is 24.6. The molecule has 3 aromatic carbocycles. The largest absolute Gasteiger partial charge is 0.443 e. The molecule has 0 spiro atoms. The number of imide groups is 1. The molecule has 5 nitrogen and oxygen atoms in total. The van der Waals surface area contributed by atoms with Crippen molar-refractivity contribution in [2.45, 2.75) is 64.4 Å². The monoisotopic (exact) mass is 538 g/mol. The third kappa shape index (κ3) is 5.40. The predicted octanol–water partition coefficient (Wildman–Crippen LogP) is 7.83. The first-order chi connectivity index (χ1) is 17.4.